The zero-order valence-electron chi connectivity index (χ0n) is 28.2. The highest BCUT2D eigenvalue weighted by Crippen LogP contribution is 2.36. The highest BCUT2D eigenvalue weighted by molar-refractivity contribution is 7.92. The van der Waals surface area contributed by atoms with Crippen molar-refractivity contribution in [2.75, 3.05) is 25.1 Å². The molecule has 4 rings (SSSR count). The van der Waals surface area contributed by atoms with Gasteiger partial charge in [0, 0.05) is 35.1 Å². The SMILES string of the molecule is CC[C@@H](C)NC(=O)[C@@H](Cc1ccccc1)N(Cc1ccc(Cl)cc1Cl)C(=O)CN(c1cc(OC)ccc1OC)S(=O)(=O)c1ccc(C)cc1. The van der Waals surface area contributed by atoms with Crippen LogP contribution in [0.5, 0.6) is 11.5 Å². The minimum absolute atomic E-state index is 0.0292. The Morgan fingerprint density at radius 3 is 2.20 bits per heavy atom. The number of sulfonamides is 1. The number of rotatable bonds is 15. The fraction of sp³-hybridized carbons (Fsp3) is 0.297. The molecule has 0 unspecified atom stereocenters. The molecule has 0 radical (unpaired) electrons. The monoisotopic (exact) mass is 725 g/mol. The lowest BCUT2D eigenvalue weighted by Gasteiger charge is -2.34. The molecule has 260 valence electrons. The zero-order valence-corrected chi connectivity index (χ0v) is 30.5. The Labute approximate surface area is 298 Å². The topological polar surface area (TPSA) is 105 Å². The van der Waals surface area contributed by atoms with E-state index in [0.29, 0.717) is 27.8 Å². The van der Waals surface area contributed by atoms with E-state index < -0.39 is 28.5 Å². The van der Waals surface area contributed by atoms with Crippen molar-refractivity contribution in [3.05, 3.63) is 118 Å². The van der Waals surface area contributed by atoms with E-state index in [4.69, 9.17) is 32.7 Å². The van der Waals surface area contributed by atoms with Gasteiger partial charge in [-0.25, -0.2) is 8.42 Å². The molecule has 0 aliphatic heterocycles. The van der Waals surface area contributed by atoms with E-state index in [0.717, 1.165) is 15.4 Å². The van der Waals surface area contributed by atoms with E-state index in [1.54, 1.807) is 42.5 Å². The van der Waals surface area contributed by atoms with E-state index in [-0.39, 0.29) is 41.2 Å². The molecular weight excluding hydrogens is 685 g/mol. The standard InChI is InChI=1S/C37H41Cl2N3O6S/c1-6-26(3)40-37(44)34(20-27-10-8-7-9-11-27)41(23-28-14-15-29(38)21-32(28)39)36(43)24-42(33-22-30(47-4)16-19-35(33)48-5)49(45,46)31-17-12-25(2)13-18-31/h7-19,21-22,26,34H,6,20,23-24H2,1-5H3,(H,40,44)/t26-,34-/m1/s1. The van der Waals surface area contributed by atoms with Crippen LogP contribution < -0.4 is 19.1 Å². The molecule has 1 N–H and O–H groups in total. The number of carbonyl (C=O) groups is 2. The highest BCUT2D eigenvalue weighted by Gasteiger charge is 2.36. The number of halogens is 2. The van der Waals surface area contributed by atoms with Gasteiger partial charge in [-0.15, -0.1) is 0 Å². The van der Waals surface area contributed by atoms with Crippen LogP contribution in [0.2, 0.25) is 10.0 Å². The van der Waals surface area contributed by atoms with E-state index in [2.05, 4.69) is 5.32 Å². The second-order valence-corrected chi connectivity index (χ2v) is 14.3. The third-order valence-electron chi connectivity index (χ3n) is 8.17. The summed E-state index contributed by atoms with van der Waals surface area (Å²) in [5, 5.41) is 3.72. The van der Waals surface area contributed by atoms with Crippen LogP contribution in [-0.2, 0) is 32.6 Å². The number of anilines is 1. The van der Waals surface area contributed by atoms with Gasteiger partial charge in [-0.3, -0.25) is 13.9 Å². The van der Waals surface area contributed by atoms with Gasteiger partial charge in [-0.1, -0.05) is 84.2 Å². The first kappa shape index (κ1) is 37.6. The summed E-state index contributed by atoms with van der Waals surface area (Å²) < 4.78 is 40.9. The molecule has 0 spiro atoms. The maximum absolute atomic E-state index is 14.8. The average molecular weight is 727 g/mol. The maximum atomic E-state index is 14.8. The second-order valence-electron chi connectivity index (χ2n) is 11.6. The molecule has 0 fully saturated rings. The van der Waals surface area contributed by atoms with Gasteiger partial charge in [0.05, 0.1) is 24.8 Å². The number of aryl methyl sites for hydroxylation is 1. The van der Waals surface area contributed by atoms with Gasteiger partial charge in [0.25, 0.3) is 10.0 Å². The predicted octanol–water partition coefficient (Wildman–Crippen LogP) is 7.07. The molecule has 0 saturated carbocycles. The van der Waals surface area contributed by atoms with Gasteiger partial charge in [0.2, 0.25) is 11.8 Å². The fourth-order valence-electron chi connectivity index (χ4n) is 5.17. The molecule has 2 amide bonds. The fourth-order valence-corrected chi connectivity index (χ4v) is 7.06. The Bertz CT molecular complexity index is 1860. The smallest absolute Gasteiger partial charge is 0.264 e. The first-order chi connectivity index (χ1) is 23.4. The lowest BCUT2D eigenvalue weighted by molar-refractivity contribution is -0.140. The number of methoxy groups -OCH3 is 2. The van der Waals surface area contributed by atoms with Gasteiger partial charge in [-0.05, 0) is 67.8 Å². The Balaban J connectivity index is 1.89. The minimum atomic E-state index is -4.37. The van der Waals surface area contributed by atoms with Gasteiger partial charge in [-0.2, -0.15) is 0 Å². The summed E-state index contributed by atoms with van der Waals surface area (Å²) in [5.41, 5.74) is 2.29. The molecule has 0 heterocycles. The number of nitrogens with one attached hydrogen (secondary N) is 1. The predicted molar refractivity (Wildman–Crippen MR) is 194 cm³/mol. The van der Waals surface area contributed by atoms with Gasteiger partial charge in [0.15, 0.2) is 0 Å². The summed E-state index contributed by atoms with van der Waals surface area (Å²) >= 11 is 12.8. The first-order valence-corrected chi connectivity index (χ1v) is 18.0. The van der Waals surface area contributed by atoms with E-state index in [1.807, 2.05) is 51.1 Å². The Morgan fingerprint density at radius 2 is 1.59 bits per heavy atom. The highest BCUT2D eigenvalue weighted by atomic mass is 35.5. The molecule has 9 nitrogen and oxygen atoms in total. The summed E-state index contributed by atoms with van der Waals surface area (Å²) in [7, 11) is -1.50. The molecule has 49 heavy (non-hydrogen) atoms. The van der Waals surface area contributed by atoms with Crippen molar-refractivity contribution in [1.29, 1.82) is 0 Å². The quantitative estimate of drug-likeness (QED) is 0.141. The third-order valence-corrected chi connectivity index (χ3v) is 10.5. The summed E-state index contributed by atoms with van der Waals surface area (Å²) in [4.78, 5) is 30.2. The molecule has 0 aliphatic rings. The molecule has 4 aromatic rings. The van der Waals surface area contributed by atoms with Crippen molar-refractivity contribution < 1.29 is 27.5 Å². The van der Waals surface area contributed by atoms with Crippen molar-refractivity contribution in [1.82, 2.24) is 10.2 Å². The van der Waals surface area contributed by atoms with Gasteiger partial charge < -0.3 is 19.7 Å². The van der Waals surface area contributed by atoms with Gasteiger partial charge in [0.1, 0.15) is 24.1 Å². The zero-order chi connectivity index (χ0) is 35.7. The molecular formula is C37H41Cl2N3O6S. The number of benzene rings is 4. The minimum Gasteiger partial charge on any atom is -0.497 e. The third kappa shape index (κ3) is 9.47. The molecule has 0 bridgehead atoms. The van der Waals surface area contributed by atoms with Crippen LogP contribution in [0.1, 0.15) is 37.0 Å². The Hall–Kier alpha value is -4.25. The van der Waals surface area contributed by atoms with Gasteiger partial charge >= 0.3 is 0 Å². The number of nitrogens with zero attached hydrogens (tertiary/aromatic N) is 2. The van der Waals surface area contributed by atoms with Crippen molar-refractivity contribution in [3.63, 3.8) is 0 Å². The van der Waals surface area contributed by atoms with Crippen LogP contribution in [0.3, 0.4) is 0 Å². The van der Waals surface area contributed by atoms with Crippen LogP contribution in [0.4, 0.5) is 5.69 Å². The van der Waals surface area contributed by atoms with E-state index >= 15 is 0 Å². The van der Waals surface area contributed by atoms with Crippen LogP contribution >= 0.6 is 23.2 Å². The van der Waals surface area contributed by atoms with Crippen molar-refractivity contribution in [2.24, 2.45) is 0 Å². The maximum Gasteiger partial charge on any atom is 0.264 e. The summed E-state index contributed by atoms with van der Waals surface area (Å²) in [5.74, 6) is -0.477. The normalized spacial score (nSPS) is 12.5. The molecule has 0 saturated heterocycles. The van der Waals surface area contributed by atoms with Crippen molar-refractivity contribution in [2.45, 2.75) is 57.1 Å². The summed E-state index contributed by atoms with van der Waals surface area (Å²) in [6, 6.07) is 24.0. The molecule has 2 atom stereocenters. The van der Waals surface area contributed by atoms with Crippen LogP contribution in [0.25, 0.3) is 0 Å². The van der Waals surface area contributed by atoms with Crippen LogP contribution in [0.15, 0.2) is 95.9 Å². The summed E-state index contributed by atoms with van der Waals surface area (Å²) in [6.45, 7) is 4.90. The van der Waals surface area contributed by atoms with E-state index in [1.165, 1.54) is 37.3 Å². The molecule has 0 aromatic heterocycles. The second kappa shape index (κ2) is 16.9. The number of amides is 2. The van der Waals surface area contributed by atoms with Crippen LogP contribution in [-0.4, -0.2) is 58.0 Å². The first-order valence-electron chi connectivity index (χ1n) is 15.8. The number of ether oxygens (including phenoxy) is 2. The Kier molecular flexibility index (Phi) is 13.0. The average Bonchev–Trinajstić information content (AvgIpc) is 3.09. The van der Waals surface area contributed by atoms with Crippen molar-refractivity contribution in [3.8, 4) is 11.5 Å². The lowest BCUT2D eigenvalue weighted by Crippen LogP contribution is -2.54. The van der Waals surface area contributed by atoms with Crippen LogP contribution in [0, 0.1) is 6.92 Å². The van der Waals surface area contributed by atoms with Crippen molar-refractivity contribution >= 4 is 50.7 Å². The number of carbonyl (C=O) groups excluding carboxylic acids is 2. The largest absolute Gasteiger partial charge is 0.497 e. The lowest BCUT2D eigenvalue weighted by atomic mass is 10.0. The Morgan fingerprint density at radius 1 is 0.898 bits per heavy atom. The summed E-state index contributed by atoms with van der Waals surface area (Å²) in [6.07, 6.45) is 0.826. The molecule has 12 heteroatoms. The molecule has 4 aromatic carbocycles. The molecule has 0 aliphatic carbocycles. The van der Waals surface area contributed by atoms with E-state index in [9.17, 15) is 18.0 Å². The number of hydrogen-bond acceptors (Lipinski definition) is 6. The number of hydrogen-bond donors (Lipinski definition) is 1.